The van der Waals surface area contributed by atoms with Crippen LogP contribution in [0.25, 0.3) is 11.1 Å². The predicted molar refractivity (Wildman–Crippen MR) is 147 cm³/mol. The third-order valence-corrected chi connectivity index (χ3v) is 6.07. The Bertz CT molecular complexity index is 1220. The van der Waals surface area contributed by atoms with Gasteiger partial charge in [0.25, 0.3) is 0 Å². The van der Waals surface area contributed by atoms with Gasteiger partial charge in [-0.2, -0.15) is 0 Å². The fourth-order valence-corrected chi connectivity index (χ4v) is 4.04. The normalized spacial score (nSPS) is 10.7. The van der Waals surface area contributed by atoms with E-state index in [1.54, 1.807) is 24.3 Å². The van der Waals surface area contributed by atoms with Crippen LogP contribution in [-0.2, 0) is 6.61 Å². The molecule has 3 aromatic rings. The van der Waals surface area contributed by atoms with Crippen molar-refractivity contribution < 1.29 is 34.0 Å². The predicted octanol–water partition coefficient (Wildman–Crippen LogP) is 7.47. The summed E-state index contributed by atoms with van der Waals surface area (Å²) < 4.78 is 18.2. The van der Waals surface area contributed by atoms with Gasteiger partial charge >= 0.3 is 11.9 Å². The second kappa shape index (κ2) is 14.7. The fourth-order valence-electron chi connectivity index (χ4n) is 4.04. The van der Waals surface area contributed by atoms with Crippen molar-refractivity contribution in [3.05, 3.63) is 77.4 Å². The molecule has 0 aliphatic carbocycles. The number of aromatic carboxylic acids is 2. The summed E-state index contributed by atoms with van der Waals surface area (Å²) in [5.41, 5.74) is 1.71. The van der Waals surface area contributed by atoms with Crippen LogP contribution in [0.15, 0.2) is 60.7 Å². The van der Waals surface area contributed by atoms with Crippen LogP contribution >= 0.6 is 0 Å². The summed E-state index contributed by atoms with van der Waals surface area (Å²) in [5.74, 6) is -0.519. The molecule has 0 unspecified atom stereocenters. The molecule has 2 N–H and O–H groups in total. The van der Waals surface area contributed by atoms with Crippen molar-refractivity contribution in [2.24, 2.45) is 0 Å². The van der Waals surface area contributed by atoms with Gasteiger partial charge in [-0.1, -0.05) is 63.8 Å². The van der Waals surface area contributed by atoms with Gasteiger partial charge in [-0.25, -0.2) is 9.59 Å². The van der Waals surface area contributed by atoms with Gasteiger partial charge in [0.1, 0.15) is 12.4 Å². The van der Waals surface area contributed by atoms with Gasteiger partial charge in [0.05, 0.1) is 24.3 Å². The molecular weight excluding hydrogens is 484 g/mol. The van der Waals surface area contributed by atoms with E-state index in [0.29, 0.717) is 41.6 Å². The second-order valence-corrected chi connectivity index (χ2v) is 9.05. The third-order valence-electron chi connectivity index (χ3n) is 6.07. The van der Waals surface area contributed by atoms with Gasteiger partial charge in [0.15, 0.2) is 11.5 Å². The Labute approximate surface area is 224 Å². The van der Waals surface area contributed by atoms with E-state index in [0.717, 1.165) is 44.1 Å². The molecule has 0 heterocycles. The van der Waals surface area contributed by atoms with Crippen molar-refractivity contribution in [3.8, 4) is 28.4 Å². The number of carbonyl (C=O) groups is 2. The highest BCUT2D eigenvalue weighted by Gasteiger charge is 2.18. The molecule has 0 fully saturated rings. The van der Waals surface area contributed by atoms with E-state index in [2.05, 4.69) is 13.8 Å². The first-order valence-corrected chi connectivity index (χ1v) is 13.2. The largest absolute Gasteiger partial charge is 0.490 e. The first-order chi connectivity index (χ1) is 18.4. The van der Waals surface area contributed by atoms with E-state index in [1.165, 1.54) is 18.2 Å². The van der Waals surface area contributed by atoms with Crippen LogP contribution in [0.4, 0.5) is 0 Å². The van der Waals surface area contributed by atoms with E-state index in [9.17, 15) is 19.8 Å². The van der Waals surface area contributed by atoms with Crippen molar-refractivity contribution in [2.75, 3.05) is 13.2 Å². The van der Waals surface area contributed by atoms with Crippen LogP contribution in [0, 0.1) is 0 Å². The maximum Gasteiger partial charge on any atom is 0.336 e. The zero-order chi connectivity index (χ0) is 27.3. The summed E-state index contributed by atoms with van der Waals surface area (Å²) in [6, 6.07) is 16.6. The molecule has 0 saturated carbocycles. The van der Waals surface area contributed by atoms with E-state index >= 15 is 0 Å². The lowest BCUT2D eigenvalue weighted by Gasteiger charge is -2.17. The molecule has 0 aliphatic rings. The number of unbranched alkanes of at least 4 members (excludes halogenated alkanes) is 4. The molecule has 0 spiro atoms. The monoisotopic (exact) mass is 520 g/mol. The molecule has 202 valence electrons. The fraction of sp³-hybridized carbons (Fsp3) is 0.355. The van der Waals surface area contributed by atoms with E-state index in [1.807, 2.05) is 18.2 Å². The molecule has 0 aliphatic heterocycles. The minimum absolute atomic E-state index is 0.0285. The Morgan fingerprint density at radius 2 is 1.37 bits per heavy atom. The highest BCUT2D eigenvalue weighted by atomic mass is 16.5. The number of hydrogen-bond donors (Lipinski definition) is 2. The molecule has 0 amide bonds. The molecule has 7 heteroatoms. The summed E-state index contributed by atoms with van der Waals surface area (Å²) in [6.45, 7) is 5.67. The van der Waals surface area contributed by atoms with E-state index in [4.69, 9.17) is 14.2 Å². The van der Waals surface area contributed by atoms with E-state index in [-0.39, 0.29) is 17.7 Å². The molecular formula is C31H36O7. The number of carboxylic acid groups (broad SMARTS) is 2. The standard InChI is InChI=1S/C31H36O7/c1-3-5-7-17-36-26-16-15-22(19-28(26)37-18-8-6-4-2)21-38-27-14-10-13-25(31(34)35)29(27)23-11-9-12-24(20-23)30(32)33/h9-16,19-20H,3-8,17-18,21H2,1-2H3,(H,32,33)(H,34,35). The third kappa shape index (κ3) is 8.00. The van der Waals surface area contributed by atoms with E-state index < -0.39 is 11.9 Å². The lowest BCUT2D eigenvalue weighted by Crippen LogP contribution is -2.06. The maximum atomic E-state index is 12.0. The van der Waals surface area contributed by atoms with Crippen molar-refractivity contribution in [1.29, 1.82) is 0 Å². The highest BCUT2D eigenvalue weighted by molar-refractivity contribution is 5.99. The molecule has 0 radical (unpaired) electrons. The summed E-state index contributed by atoms with van der Waals surface area (Å²) in [4.78, 5) is 23.5. The van der Waals surface area contributed by atoms with Crippen molar-refractivity contribution in [2.45, 2.75) is 59.0 Å². The highest BCUT2D eigenvalue weighted by Crippen LogP contribution is 2.35. The second-order valence-electron chi connectivity index (χ2n) is 9.05. The molecule has 3 rings (SSSR count). The first kappa shape index (κ1) is 28.6. The SMILES string of the molecule is CCCCCOc1ccc(COc2cccc(C(=O)O)c2-c2cccc(C(=O)O)c2)cc1OCCCCC. The maximum absolute atomic E-state index is 12.0. The van der Waals surface area contributed by atoms with Crippen molar-refractivity contribution in [3.63, 3.8) is 0 Å². The Kier molecular flexibility index (Phi) is 11.0. The van der Waals surface area contributed by atoms with Gasteiger partial charge in [-0.3, -0.25) is 0 Å². The molecule has 0 saturated heterocycles. The van der Waals surface area contributed by atoms with Crippen molar-refractivity contribution >= 4 is 11.9 Å². The Hall–Kier alpha value is -4.00. The van der Waals surface area contributed by atoms with Gasteiger partial charge in [-0.05, 0) is 60.4 Å². The number of ether oxygens (including phenoxy) is 3. The lowest BCUT2D eigenvalue weighted by molar-refractivity contribution is 0.0687. The Morgan fingerprint density at radius 3 is 2.03 bits per heavy atom. The first-order valence-electron chi connectivity index (χ1n) is 13.2. The quantitative estimate of drug-likeness (QED) is 0.189. The number of hydrogen-bond acceptors (Lipinski definition) is 5. The van der Waals surface area contributed by atoms with Gasteiger partial charge in [0.2, 0.25) is 0 Å². The van der Waals surface area contributed by atoms with Gasteiger partial charge in [-0.15, -0.1) is 0 Å². The van der Waals surface area contributed by atoms with Crippen LogP contribution in [0.1, 0.15) is 78.7 Å². The molecule has 3 aromatic carbocycles. The van der Waals surface area contributed by atoms with Gasteiger partial charge in [0, 0.05) is 5.56 Å². The lowest BCUT2D eigenvalue weighted by atomic mass is 9.97. The summed E-state index contributed by atoms with van der Waals surface area (Å²) in [6.07, 6.45) is 6.33. The molecule has 7 nitrogen and oxygen atoms in total. The van der Waals surface area contributed by atoms with Crippen LogP contribution in [0.3, 0.4) is 0 Å². The Morgan fingerprint density at radius 1 is 0.684 bits per heavy atom. The van der Waals surface area contributed by atoms with Crippen LogP contribution in [0.2, 0.25) is 0 Å². The zero-order valence-electron chi connectivity index (χ0n) is 22.1. The van der Waals surface area contributed by atoms with Crippen LogP contribution < -0.4 is 14.2 Å². The topological polar surface area (TPSA) is 102 Å². The molecule has 0 atom stereocenters. The molecule has 38 heavy (non-hydrogen) atoms. The van der Waals surface area contributed by atoms with Crippen molar-refractivity contribution in [1.82, 2.24) is 0 Å². The summed E-state index contributed by atoms with van der Waals surface area (Å²) in [7, 11) is 0. The smallest absolute Gasteiger partial charge is 0.336 e. The zero-order valence-corrected chi connectivity index (χ0v) is 22.1. The molecule has 0 bridgehead atoms. The van der Waals surface area contributed by atoms with Crippen LogP contribution in [-0.4, -0.2) is 35.4 Å². The number of rotatable bonds is 16. The van der Waals surface area contributed by atoms with Gasteiger partial charge < -0.3 is 24.4 Å². The average Bonchev–Trinajstić information content (AvgIpc) is 2.92. The number of carboxylic acids is 2. The minimum atomic E-state index is -1.13. The number of benzene rings is 3. The van der Waals surface area contributed by atoms with Crippen LogP contribution in [0.5, 0.6) is 17.2 Å². The summed E-state index contributed by atoms with van der Waals surface area (Å²) in [5, 5.41) is 19.2. The minimum Gasteiger partial charge on any atom is -0.490 e. The Balaban J connectivity index is 1.86. The summed E-state index contributed by atoms with van der Waals surface area (Å²) >= 11 is 0. The molecule has 0 aromatic heterocycles. The average molecular weight is 521 g/mol.